The molecule has 0 aromatic carbocycles. The van der Waals surface area contributed by atoms with Crippen molar-refractivity contribution < 1.29 is 4.79 Å². The first-order chi connectivity index (χ1) is 8.63. The Bertz CT molecular complexity index is 414. The number of carbonyl (C=O) groups is 1. The van der Waals surface area contributed by atoms with E-state index < -0.39 is 0 Å². The lowest BCUT2D eigenvalue weighted by Crippen LogP contribution is -2.23. The van der Waals surface area contributed by atoms with Crippen LogP contribution in [0, 0.1) is 18.8 Å². The summed E-state index contributed by atoms with van der Waals surface area (Å²) in [4.78, 5) is 16.6. The molecular weight excluding hydrogens is 224 g/mol. The number of nitrogens with two attached hydrogens (primary N) is 1. The molecule has 3 heteroatoms. The summed E-state index contributed by atoms with van der Waals surface area (Å²) in [5.74, 6) is 1.55. The van der Waals surface area contributed by atoms with Gasteiger partial charge in [0.15, 0.2) is 5.78 Å². The molecule has 18 heavy (non-hydrogen) atoms. The Balaban J connectivity index is 2.13. The fraction of sp³-hybridized carbons (Fsp3) is 0.600. The van der Waals surface area contributed by atoms with Crippen LogP contribution >= 0.6 is 0 Å². The average Bonchev–Trinajstić information content (AvgIpc) is 2.38. The molecule has 3 nitrogen and oxygen atoms in total. The molecule has 1 aliphatic carbocycles. The number of aromatic nitrogens is 1. The average molecular weight is 246 g/mol. The van der Waals surface area contributed by atoms with Gasteiger partial charge in [-0.05, 0) is 50.2 Å². The van der Waals surface area contributed by atoms with Crippen LogP contribution in [0.25, 0.3) is 0 Å². The topological polar surface area (TPSA) is 56.0 Å². The second-order valence-corrected chi connectivity index (χ2v) is 5.38. The minimum absolute atomic E-state index is 0.151. The highest BCUT2D eigenvalue weighted by molar-refractivity contribution is 6.02. The lowest BCUT2D eigenvalue weighted by molar-refractivity contribution is 0.0871. The molecule has 98 valence electrons. The molecule has 0 amide bonds. The van der Waals surface area contributed by atoms with Gasteiger partial charge in [0.1, 0.15) is 5.82 Å². The van der Waals surface area contributed by atoms with E-state index in [-0.39, 0.29) is 11.7 Å². The first-order valence-corrected chi connectivity index (χ1v) is 6.88. The zero-order valence-electron chi connectivity index (χ0n) is 11.3. The molecule has 1 aliphatic rings. The SMILES string of the molecule is CCC1CCC(C(=O)c2c(C)ccnc2N)CC1. The predicted molar refractivity (Wildman–Crippen MR) is 73.5 cm³/mol. The zero-order valence-corrected chi connectivity index (χ0v) is 11.3. The maximum atomic E-state index is 12.5. The summed E-state index contributed by atoms with van der Waals surface area (Å²) in [6.07, 6.45) is 7.25. The number of hydrogen-bond acceptors (Lipinski definition) is 3. The monoisotopic (exact) mass is 246 g/mol. The van der Waals surface area contributed by atoms with Crippen LogP contribution in [0.5, 0.6) is 0 Å². The molecule has 1 saturated carbocycles. The lowest BCUT2D eigenvalue weighted by atomic mass is 9.77. The van der Waals surface area contributed by atoms with E-state index in [1.165, 1.54) is 19.3 Å². The van der Waals surface area contributed by atoms with Crippen LogP contribution in [-0.4, -0.2) is 10.8 Å². The smallest absolute Gasteiger partial charge is 0.169 e. The molecule has 2 rings (SSSR count). The second-order valence-electron chi connectivity index (χ2n) is 5.38. The van der Waals surface area contributed by atoms with Gasteiger partial charge >= 0.3 is 0 Å². The van der Waals surface area contributed by atoms with Crippen LogP contribution in [0.2, 0.25) is 0 Å². The number of anilines is 1. The Morgan fingerprint density at radius 2 is 2.06 bits per heavy atom. The van der Waals surface area contributed by atoms with Gasteiger partial charge in [-0.3, -0.25) is 4.79 Å². The summed E-state index contributed by atoms with van der Waals surface area (Å²) < 4.78 is 0. The third-order valence-corrected chi connectivity index (χ3v) is 4.23. The fourth-order valence-corrected chi connectivity index (χ4v) is 2.94. The van der Waals surface area contributed by atoms with Crippen molar-refractivity contribution in [3.63, 3.8) is 0 Å². The molecule has 0 unspecified atom stereocenters. The number of nitrogen functional groups attached to an aromatic ring is 1. The van der Waals surface area contributed by atoms with Crippen molar-refractivity contribution in [2.45, 2.75) is 46.0 Å². The maximum absolute atomic E-state index is 12.5. The number of rotatable bonds is 3. The quantitative estimate of drug-likeness (QED) is 0.832. The number of aryl methyl sites for hydroxylation is 1. The predicted octanol–water partition coefficient (Wildman–Crippen LogP) is 3.37. The molecule has 0 spiro atoms. The number of nitrogens with zero attached hydrogens (tertiary/aromatic N) is 1. The number of hydrogen-bond donors (Lipinski definition) is 1. The minimum Gasteiger partial charge on any atom is -0.383 e. The number of ketones is 1. The van der Waals surface area contributed by atoms with Gasteiger partial charge in [0.05, 0.1) is 5.56 Å². The molecule has 0 aliphatic heterocycles. The lowest BCUT2D eigenvalue weighted by Gasteiger charge is -2.27. The summed E-state index contributed by atoms with van der Waals surface area (Å²) in [7, 11) is 0. The number of carbonyl (C=O) groups excluding carboxylic acids is 1. The Hall–Kier alpha value is -1.38. The Kier molecular flexibility index (Phi) is 4.00. The number of pyridine rings is 1. The summed E-state index contributed by atoms with van der Waals surface area (Å²) in [5, 5.41) is 0. The van der Waals surface area contributed by atoms with E-state index in [1.807, 2.05) is 13.0 Å². The van der Waals surface area contributed by atoms with Crippen LogP contribution in [-0.2, 0) is 0 Å². The van der Waals surface area contributed by atoms with Crippen molar-refractivity contribution in [1.29, 1.82) is 0 Å². The van der Waals surface area contributed by atoms with Gasteiger partial charge in [0.2, 0.25) is 0 Å². The van der Waals surface area contributed by atoms with E-state index in [0.717, 1.165) is 24.3 Å². The van der Waals surface area contributed by atoms with Crippen LogP contribution in [0.1, 0.15) is 54.9 Å². The van der Waals surface area contributed by atoms with Crippen LogP contribution in [0.4, 0.5) is 5.82 Å². The summed E-state index contributed by atoms with van der Waals surface area (Å²) in [6.45, 7) is 4.17. The van der Waals surface area contributed by atoms with Crippen molar-refractivity contribution in [2.75, 3.05) is 5.73 Å². The molecule has 0 bridgehead atoms. The van der Waals surface area contributed by atoms with E-state index in [9.17, 15) is 4.79 Å². The van der Waals surface area contributed by atoms with E-state index in [1.54, 1.807) is 6.20 Å². The van der Waals surface area contributed by atoms with Crippen LogP contribution < -0.4 is 5.73 Å². The van der Waals surface area contributed by atoms with Crippen molar-refractivity contribution >= 4 is 11.6 Å². The summed E-state index contributed by atoms with van der Waals surface area (Å²) >= 11 is 0. The van der Waals surface area contributed by atoms with Gasteiger partial charge in [0, 0.05) is 12.1 Å². The fourth-order valence-electron chi connectivity index (χ4n) is 2.94. The second kappa shape index (κ2) is 5.51. The largest absolute Gasteiger partial charge is 0.383 e. The molecule has 0 atom stereocenters. The van der Waals surface area contributed by atoms with Crippen molar-refractivity contribution in [1.82, 2.24) is 4.98 Å². The first-order valence-electron chi connectivity index (χ1n) is 6.88. The Morgan fingerprint density at radius 3 is 2.61 bits per heavy atom. The molecule has 1 heterocycles. The summed E-state index contributed by atoms with van der Waals surface area (Å²) in [5.41, 5.74) is 7.45. The molecule has 1 aromatic heterocycles. The standard InChI is InChI=1S/C15H22N2O/c1-3-11-4-6-12(7-5-11)14(18)13-10(2)8-9-17-15(13)16/h8-9,11-12H,3-7H2,1-2H3,(H2,16,17). The van der Waals surface area contributed by atoms with Crippen molar-refractivity contribution in [3.8, 4) is 0 Å². The van der Waals surface area contributed by atoms with Crippen LogP contribution in [0.3, 0.4) is 0 Å². The van der Waals surface area contributed by atoms with Gasteiger partial charge < -0.3 is 5.73 Å². The Morgan fingerprint density at radius 1 is 1.39 bits per heavy atom. The molecule has 0 radical (unpaired) electrons. The van der Waals surface area contributed by atoms with Crippen LogP contribution in [0.15, 0.2) is 12.3 Å². The highest BCUT2D eigenvalue weighted by Gasteiger charge is 2.28. The molecule has 0 saturated heterocycles. The van der Waals surface area contributed by atoms with Gasteiger partial charge in [-0.15, -0.1) is 0 Å². The van der Waals surface area contributed by atoms with E-state index in [2.05, 4.69) is 11.9 Å². The van der Waals surface area contributed by atoms with Crippen molar-refractivity contribution in [3.05, 3.63) is 23.4 Å². The summed E-state index contributed by atoms with van der Waals surface area (Å²) in [6, 6.07) is 1.86. The van der Waals surface area contributed by atoms with E-state index in [4.69, 9.17) is 5.73 Å². The maximum Gasteiger partial charge on any atom is 0.169 e. The third kappa shape index (κ3) is 2.55. The molecule has 1 fully saturated rings. The van der Waals surface area contributed by atoms with Gasteiger partial charge in [-0.2, -0.15) is 0 Å². The minimum atomic E-state index is 0.151. The molecular formula is C15H22N2O. The zero-order chi connectivity index (χ0) is 13.1. The van der Waals surface area contributed by atoms with Gasteiger partial charge in [-0.1, -0.05) is 13.3 Å². The highest BCUT2D eigenvalue weighted by Crippen LogP contribution is 2.33. The van der Waals surface area contributed by atoms with Crippen molar-refractivity contribution in [2.24, 2.45) is 11.8 Å². The highest BCUT2D eigenvalue weighted by atomic mass is 16.1. The third-order valence-electron chi connectivity index (χ3n) is 4.23. The van der Waals surface area contributed by atoms with E-state index in [0.29, 0.717) is 11.4 Å². The number of Topliss-reactive ketones (excluding diaryl/α,β-unsaturated/α-hetero) is 1. The van der Waals surface area contributed by atoms with E-state index >= 15 is 0 Å². The molecule has 1 aromatic rings. The van der Waals surface area contributed by atoms with Gasteiger partial charge in [-0.25, -0.2) is 4.98 Å². The molecule has 2 N–H and O–H groups in total. The Labute approximate surface area is 109 Å². The van der Waals surface area contributed by atoms with Gasteiger partial charge in [0.25, 0.3) is 0 Å². The normalized spacial score (nSPS) is 23.9. The first kappa shape index (κ1) is 13.1.